The first-order valence-corrected chi connectivity index (χ1v) is 6.61. The number of halogens is 2. The number of benzene rings is 2. The summed E-state index contributed by atoms with van der Waals surface area (Å²) in [6, 6.07) is 14.5. The van der Waals surface area contributed by atoms with Crippen molar-refractivity contribution >= 4 is 27.8 Å². The van der Waals surface area contributed by atoms with Gasteiger partial charge in [0, 0.05) is 16.5 Å². The van der Waals surface area contributed by atoms with E-state index in [1.54, 1.807) is 12.3 Å². The van der Waals surface area contributed by atoms with Crippen LogP contribution in [0.15, 0.2) is 53.6 Å². The molecule has 92 valence electrons. The van der Waals surface area contributed by atoms with Gasteiger partial charge in [-0.2, -0.15) is 5.10 Å². The largest absolute Gasteiger partial charge is 0.279 e. The summed E-state index contributed by atoms with van der Waals surface area (Å²) in [7, 11) is 0. The number of nitrogens with one attached hydrogen (secondary N) is 1. The molecule has 0 unspecified atom stereocenters. The third-order valence-corrected chi connectivity index (χ3v) is 3.02. The van der Waals surface area contributed by atoms with E-state index >= 15 is 0 Å². The maximum Gasteiger partial charge on any atom is 0.127 e. The summed E-state index contributed by atoms with van der Waals surface area (Å²) in [6.45, 7) is 0. The summed E-state index contributed by atoms with van der Waals surface area (Å²) < 4.78 is 13.5. The van der Waals surface area contributed by atoms with Gasteiger partial charge in [-0.1, -0.05) is 46.3 Å². The highest BCUT2D eigenvalue weighted by Crippen LogP contribution is 2.15. The third kappa shape index (κ3) is 3.17. The van der Waals surface area contributed by atoms with Gasteiger partial charge < -0.3 is 0 Å². The van der Waals surface area contributed by atoms with Crippen LogP contribution in [-0.4, -0.2) is 6.21 Å². The molecule has 2 nitrogen and oxygen atoms in total. The second-order valence-electron chi connectivity index (χ2n) is 3.68. The second-order valence-corrected chi connectivity index (χ2v) is 4.24. The smallest absolute Gasteiger partial charge is 0.127 e. The molecule has 1 N–H and O–H groups in total. The van der Waals surface area contributed by atoms with Crippen LogP contribution in [0.4, 0.5) is 10.1 Å². The number of hydrogen-bond acceptors (Lipinski definition) is 2. The first-order chi connectivity index (χ1) is 8.81. The van der Waals surface area contributed by atoms with Crippen LogP contribution in [0.5, 0.6) is 0 Å². The average Bonchev–Trinajstić information content (AvgIpc) is 2.40. The predicted molar refractivity (Wildman–Crippen MR) is 76.7 cm³/mol. The zero-order valence-electron chi connectivity index (χ0n) is 9.61. The lowest BCUT2D eigenvalue weighted by molar-refractivity contribution is 0.617. The first-order valence-electron chi connectivity index (χ1n) is 5.48. The number of nitrogens with zero attached hydrogens (tertiary/aromatic N) is 1. The van der Waals surface area contributed by atoms with Crippen LogP contribution >= 0.6 is 15.9 Å². The molecule has 0 aromatic heterocycles. The topological polar surface area (TPSA) is 24.4 Å². The number of rotatable bonds is 4. The Bertz CT molecular complexity index is 541. The molecule has 0 aliphatic rings. The van der Waals surface area contributed by atoms with Crippen molar-refractivity contribution in [3.8, 4) is 0 Å². The third-order valence-electron chi connectivity index (χ3n) is 2.46. The molecule has 2 aromatic carbocycles. The van der Waals surface area contributed by atoms with E-state index in [2.05, 4.69) is 26.5 Å². The van der Waals surface area contributed by atoms with Gasteiger partial charge in [-0.25, -0.2) is 4.39 Å². The molecule has 0 saturated heterocycles. The predicted octanol–water partition coefficient (Wildman–Crippen LogP) is 4.17. The van der Waals surface area contributed by atoms with Crippen molar-refractivity contribution in [1.29, 1.82) is 0 Å². The molecule has 0 spiro atoms. The number of hydrazone groups is 1. The molecule has 0 heterocycles. The molecule has 0 aliphatic carbocycles. The van der Waals surface area contributed by atoms with Crippen molar-refractivity contribution in [2.45, 2.75) is 5.33 Å². The minimum atomic E-state index is -0.226. The Labute approximate surface area is 114 Å². The number of anilines is 1. The first kappa shape index (κ1) is 12.8. The van der Waals surface area contributed by atoms with E-state index < -0.39 is 0 Å². The van der Waals surface area contributed by atoms with Gasteiger partial charge in [-0.05, 0) is 18.2 Å². The maximum absolute atomic E-state index is 13.5. The Morgan fingerprint density at radius 3 is 2.61 bits per heavy atom. The molecule has 0 aliphatic heterocycles. The van der Waals surface area contributed by atoms with Crippen LogP contribution in [-0.2, 0) is 5.33 Å². The molecular weight excluding hydrogens is 295 g/mol. The molecule has 2 rings (SSSR count). The van der Waals surface area contributed by atoms with E-state index in [0.717, 1.165) is 11.3 Å². The van der Waals surface area contributed by atoms with E-state index in [1.807, 2.05) is 36.4 Å². The average molecular weight is 307 g/mol. The molecule has 0 saturated carbocycles. The molecule has 0 radical (unpaired) electrons. The molecule has 0 bridgehead atoms. The molecular formula is C14H12BrFN2. The number of hydrogen-bond donors (Lipinski definition) is 1. The second kappa shape index (κ2) is 6.31. The molecule has 0 amide bonds. The van der Waals surface area contributed by atoms with Crippen LogP contribution in [0, 0.1) is 5.82 Å². The van der Waals surface area contributed by atoms with Gasteiger partial charge in [0.1, 0.15) is 5.82 Å². The quantitative estimate of drug-likeness (QED) is 0.512. The zero-order valence-corrected chi connectivity index (χ0v) is 11.2. The maximum atomic E-state index is 13.5. The Balaban J connectivity index is 2.12. The lowest BCUT2D eigenvalue weighted by atomic mass is 10.1. The minimum Gasteiger partial charge on any atom is -0.279 e. The number of para-hydroxylation sites is 1. The van der Waals surface area contributed by atoms with Crippen molar-refractivity contribution in [3.63, 3.8) is 0 Å². The minimum absolute atomic E-state index is 0.226. The highest BCUT2D eigenvalue weighted by Gasteiger charge is 2.04. The fraction of sp³-hybridized carbons (Fsp3) is 0.0714. The fourth-order valence-electron chi connectivity index (χ4n) is 1.53. The molecule has 0 atom stereocenters. The summed E-state index contributed by atoms with van der Waals surface area (Å²) in [5.41, 5.74) is 5.16. The van der Waals surface area contributed by atoms with Gasteiger partial charge in [0.2, 0.25) is 0 Å². The Kier molecular flexibility index (Phi) is 4.47. The monoisotopic (exact) mass is 306 g/mol. The van der Waals surface area contributed by atoms with Gasteiger partial charge in [0.15, 0.2) is 0 Å². The van der Waals surface area contributed by atoms with Gasteiger partial charge in [0.25, 0.3) is 0 Å². The van der Waals surface area contributed by atoms with Gasteiger partial charge in [-0.3, -0.25) is 5.43 Å². The SMILES string of the molecule is Fc1cccc(C=NNc2ccccc2)c1CBr. The highest BCUT2D eigenvalue weighted by atomic mass is 79.9. The van der Waals surface area contributed by atoms with Crippen LogP contribution in [0.2, 0.25) is 0 Å². The van der Waals surface area contributed by atoms with Crippen molar-refractivity contribution in [2.75, 3.05) is 5.43 Å². The lowest BCUT2D eigenvalue weighted by Gasteiger charge is -2.03. The molecule has 18 heavy (non-hydrogen) atoms. The molecule has 4 heteroatoms. The van der Waals surface area contributed by atoms with Crippen molar-refractivity contribution in [1.82, 2.24) is 0 Å². The molecule has 2 aromatic rings. The Hall–Kier alpha value is -1.68. The van der Waals surface area contributed by atoms with E-state index in [-0.39, 0.29) is 5.82 Å². The highest BCUT2D eigenvalue weighted by molar-refractivity contribution is 9.08. The number of alkyl halides is 1. The zero-order chi connectivity index (χ0) is 12.8. The van der Waals surface area contributed by atoms with E-state index in [4.69, 9.17) is 0 Å². The summed E-state index contributed by atoms with van der Waals surface area (Å²) in [6.07, 6.45) is 1.62. The van der Waals surface area contributed by atoms with Gasteiger partial charge >= 0.3 is 0 Å². The van der Waals surface area contributed by atoms with Gasteiger partial charge in [-0.15, -0.1) is 0 Å². The van der Waals surface area contributed by atoms with E-state index in [0.29, 0.717) is 10.9 Å². The van der Waals surface area contributed by atoms with E-state index in [9.17, 15) is 4.39 Å². The summed E-state index contributed by atoms with van der Waals surface area (Å²) in [5, 5.41) is 4.56. The van der Waals surface area contributed by atoms with Crippen LogP contribution in [0.3, 0.4) is 0 Å². The summed E-state index contributed by atoms with van der Waals surface area (Å²) in [4.78, 5) is 0. The fourth-order valence-corrected chi connectivity index (χ4v) is 2.12. The van der Waals surface area contributed by atoms with Crippen LogP contribution < -0.4 is 5.43 Å². The normalized spacial score (nSPS) is 10.8. The van der Waals surface area contributed by atoms with Crippen LogP contribution in [0.1, 0.15) is 11.1 Å². The van der Waals surface area contributed by atoms with Crippen molar-refractivity contribution in [3.05, 3.63) is 65.5 Å². The standard InChI is InChI=1S/C14H12BrFN2/c15-9-13-11(5-4-8-14(13)16)10-17-18-12-6-2-1-3-7-12/h1-8,10,18H,9H2. The van der Waals surface area contributed by atoms with E-state index in [1.165, 1.54) is 6.07 Å². The van der Waals surface area contributed by atoms with Gasteiger partial charge in [0.05, 0.1) is 11.9 Å². The van der Waals surface area contributed by atoms with Crippen molar-refractivity contribution < 1.29 is 4.39 Å². The Morgan fingerprint density at radius 2 is 1.89 bits per heavy atom. The summed E-state index contributed by atoms with van der Waals surface area (Å²) >= 11 is 3.27. The lowest BCUT2D eigenvalue weighted by Crippen LogP contribution is -1.96. The van der Waals surface area contributed by atoms with Crippen molar-refractivity contribution in [2.24, 2.45) is 5.10 Å². The summed E-state index contributed by atoms with van der Waals surface area (Å²) in [5.74, 6) is -0.226. The molecule has 0 fully saturated rings. The van der Waals surface area contributed by atoms with Crippen LogP contribution in [0.25, 0.3) is 0 Å². The Morgan fingerprint density at radius 1 is 1.11 bits per heavy atom.